The number of carbonyl (C=O) groups excluding carboxylic acids is 2. The maximum atomic E-state index is 12.7. The van der Waals surface area contributed by atoms with Crippen LogP contribution < -0.4 is 24.8 Å². The first-order valence-corrected chi connectivity index (χ1v) is 11.3. The van der Waals surface area contributed by atoms with Crippen LogP contribution >= 0.6 is 23.4 Å². The predicted molar refractivity (Wildman–Crippen MR) is 129 cm³/mol. The maximum absolute atomic E-state index is 12.7. The van der Waals surface area contributed by atoms with E-state index in [1.54, 1.807) is 68.8 Å². The molecule has 1 heterocycles. The summed E-state index contributed by atoms with van der Waals surface area (Å²) in [6, 6.07) is 17.5. The van der Waals surface area contributed by atoms with Gasteiger partial charge in [0.25, 0.3) is 0 Å². The minimum absolute atomic E-state index is 0.0132. The Morgan fingerprint density at radius 3 is 2.48 bits per heavy atom. The summed E-state index contributed by atoms with van der Waals surface area (Å²) in [6.07, 6.45) is 0.0132. The third-order valence-corrected chi connectivity index (χ3v) is 6.38. The molecule has 0 fully saturated rings. The van der Waals surface area contributed by atoms with E-state index >= 15 is 0 Å². The average Bonchev–Trinajstić information content (AvgIpc) is 2.80. The Balaban J connectivity index is 1.43. The van der Waals surface area contributed by atoms with E-state index in [1.807, 2.05) is 6.07 Å². The van der Waals surface area contributed by atoms with E-state index in [1.165, 1.54) is 11.8 Å². The van der Waals surface area contributed by atoms with Crippen molar-refractivity contribution in [1.29, 1.82) is 0 Å². The van der Waals surface area contributed by atoms with Gasteiger partial charge in [-0.15, -0.1) is 11.8 Å². The lowest BCUT2D eigenvalue weighted by atomic mass is 10.2. The van der Waals surface area contributed by atoms with Crippen LogP contribution in [0.15, 0.2) is 65.6 Å². The number of hydrogen-bond acceptors (Lipinski definition) is 6. The predicted octanol–water partition coefficient (Wildman–Crippen LogP) is 5.59. The monoisotopic (exact) mass is 484 g/mol. The van der Waals surface area contributed by atoms with Crippen LogP contribution in [-0.2, 0) is 9.59 Å². The fourth-order valence-electron chi connectivity index (χ4n) is 3.24. The van der Waals surface area contributed by atoms with Crippen LogP contribution in [0.3, 0.4) is 0 Å². The van der Waals surface area contributed by atoms with Crippen molar-refractivity contribution in [3.8, 4) is 23.0 Å². The standard InChI is InChI=1S/C24H21ClN2O5S/c1-30-16-5-7-17(8-6-16)32-20-12-15(4-9-19(20)31-2)26-23(28)13-22-24(29)27-18-11-14(25)3-10-21(18)33-22/h3-12,22H,13H2,1-2H3,(H,26,28)(H,27,29). The first-order chi connectivity index (χ1) is 15.9. The van der Waals surface area contributed by atoms with E-state index in [0.29, 0.717) is 39.4 Å². The molecule has 3 aromatic carbocycles. The van der Waals surface area contributed by atoms with Gasteiger partial charge in [-0.25, -0.2) is 0 Å². The van der Waals surface area contributed by atoms with Gasteiger partial charge >= 0.3 is 0 Å². The zero-order chi connectivity index (χ0) is 23.4. The fourth-order valence-corrected chi connectivity index (χ4v) is 4.51. The number of hydrogen-bond donors (Lipinski definition) is 2. The highest BCUT2D eigenvalue weighted by Gasteiger charge is 2.29. The van der Waals surface area contributed by atoms with Crippen molar-refractivity contribution in [3.05, 3.63) is 65.7 Å². The van der Waals surface area contributed by atoms with Crippen molar-refractivity contribution in [3.63, 3.8) is 0 Å². The van der Waals surface area contributed by atoms with Crippen molar-refractivity contribution < 1.29 is 23.8 Å². The van der Waals surface area contributed by atoms with Gasteiger partial charge in [0.15, 0.2) is 11.5 Å². The van der Waals surface area contributed by atoms with Crippen LogP contribution in [0.1, 0.15) is 6.42 Å². The molecule has 2 amide bonds. The van der Waals surface area contributed by atoms with Gasteiger partial charge in [-0.05, 0) is 54.6 Å². The molecular formula is C24H21ClN2O5S. The highest BCUT2D eigenvalue weighted by molar-refractivity contribution is 8.01. The molecule has 1 atom stereocenters. The van der Waals surface area contributed by atoms with Gasteiger partial charge in [-0.3, -0.25) is 9.59 Å². The summed E-state index contributed by atoms with van der Waals surface area (Å²) in [5.74, 6) is 1.73. The fraction of sp³-hybridized carbons (Fsp3) is 0.167. The lowest BCUT2D eigenvalue weighted by molar-refractivity contribution is -0.120. The number of rotatable bonds is 7. The molecule has 0 saturated carbocycles. The van der Waals surface area contributed by atoms with Gasteiger partial charge < -0.3 is 24.8 Å². The number of methoxy groups -OCH3 is 2. The highest BCUT2D eigenvalue weighted by atomic mass is 35.5. The Kier molecular flexibility index (Phi) is 6.96. The van der Waals surface area contributed by atoms with Gasteiger partial charge in [-0.1, -0.05) is 11.6 Å². The summed E-state index contributed by atoms with van der Waals surface area (Å²) in [5.41, 5.74) is 1.18. The molecule has 9 heteroatoms. The molecule has 3 aromatic rings. The number of benzene rings is 3. The van der Waals surface area contributed by atoms with E-state index in [4.69, 9.17) is 25.8 Å². The molecule has 170 valence electrons. The topological polar surface area (TPSA) is 85.9 Å². The van der Waals surface area contributed by atoms with Gasteiger partial charge in [0.2, 0.25) is 11.8 Å². The first kappa shape index (κ1) is 22.8. The number of anilines is 2. The molecule has 0 spiro atoms. The molecule has 0 aromatic heterocycles. The molecule has 1 aliphatic heterocycles. The summed E-state index contributed by atoms with van der Waals surface area (Å²) >= 11 is 7.33. The molecule has 4 rings (SSSR count). The van der Waals surface area contributed by atoms with E-state index in [-0.39, 0.29) is 18.2 Å². The quantitative estimate of drug-likeness (QED) is 0.454. The van der Waals surface area contributed by atoms with Gasteiger partial charge in [0.05, 0.1) is 25.2 Å². The number of thioether (sulfide) groups is 1. The molecule has 7 nitrogen and oxygen atoms in total. The summed E-state index contributed by atoms with van der Waals surface area (Å²) < 4.78 is 16.5. The summed E-state index contributed by atoms with van der Waals surface area (Å²) in [5, 5.41) is 5.63. The van der Waals surface area contributed by atoms with Gasteiger partial charge in [-0.2, -0.15) is 0 Å². The van der Waals surface area contributed by atoms with E-state index in [0.717, 1.165) is 4.90 Å². The molecule has 1 unspecified atom stereocenters. The molecule has 0 saturated heterocycles. The molecule has 0 aliphatic carbocycles. The zero-order valence-electron chi connectivity index (χ0n) is 17.9. The number of halogens is 1. The number of ether oxygens (including phenoxy) is 3. The van der Waals surface area contributed by atoms with Crippen molar-refractivity contribution in [2.24, 2.45) is 0 Å². The van der Waals surface area contributed by atoms with Crippen LogP contribution in [0.4, 0.5) is 11.4 Å². The smallest absolute Gasteiger partial charge is 0.238 e. The number of nitrogens with one attached hydrogen (secondary N) is 2. The van der Waals surface area contributed by atoms with Crippen LogP contribution in [0, 0.1) is 0 Å². The Bertz CT molecular complexity index is 1190. The SMILES string of the molecule is COc1ccc(Oc2cc(NC(=O)CC3Sc4ccc(Cl)cc4NC3=O)ccc2OC)cc1. The number of fused-ring (bicyclic) bond motifs is 1. The van der Waals surface area contributed by atoms with E-state index < -0.39 is 5.25 Å². The van der Waals surface area contributed by atoms with Gasteiger partial charge in [0, 0.05) is 28.1 Å². The van der Waals surface area contributed by atoms with Crippen molar-refractivity contribution >= 4 is 46.6 Å². The van der Waals surface area contributed by atoms with Crippen molar-refractivity contribution in [2.75, 3.05) is 24.9 Å². The third-order valence-electron chi connectivity index (χ3n) is 4.87. The summed E-state index contributed by atoms with van der Waals surface area (Å²) in [4.78, 5) is 26.0. The molecule has 2 N–H and O–H groups in total. The Labute approximate surface area is 200 Å². The molecule has 0 radical (unpaired) electrons. The second-order valence-electron chi connectivity index (χ2n) is 7.13. The van der Waals surface area contributed by atoms with Gasteiger partial charge in [0.1, 0.15) is 11.5 Å². The van der Waals surface area contributed by atoms with E-state index in [9.17, 15) is 9.59 Å². The van der Waals surface area contributed by atoms with Crippen LogP contribution in [0.2, 0.25) is 5.02 Å². The largest absolute Gasteiger partial charge is 0.497 e. The third kappa shape index (κ3) is 5.53. The Hall–Kier alpha value is -3.36. The highest BCUT2D eigenvalue weighted by Crippen LogP contribution is 2.39. The maximum Gasteiger partial charge on any atom is 0.238 e. The van der Waals surface area contributed by atoms with Crippen molar-refractivity contribution in [2.45, 2.75) is 16.6 Å². The Morgan fingerprint density at radius 1 is 1.00 bits per heavy atom. The van der Waals surface area contributed by atoms with Crippen LogP contribution in [0.25, 0.3) is 0 Å². The minimum atomic E-state index is -0.549. The number of carbonyl (C=O) groups is 2. The van der Waals surface area contributed by atoms with Crippen LogP contribution in [0.5, 0.6) is 23.0 Å². The first-order valence-electron chi connectivity index (χ1n) is 10.0. The molecule has 0 bridgehead atoms. The van der Waals surface area contributed by atoms with E-state index in [2.05, 4.69) is 10.6 Å². The minimum Gasteiger partial charge on any atom is -0.497 e. The Morgan fingerprint density at radius 2 is 1.76 bits per heavy atom. The normalized spacial score (nSPS) is 14.6. The molecule has 33 heavy (non-hydrogen) atoms. The lowest BCUT2D eigenvalue weighted by Gasteiger charge is -2.23. The second kappa shape index (κ2) is 10.1. The molecular weight excluding hydrogens is 464 g/mol. The zero-order valence-corrected chi connectivity index (χ0v) is 19.5. The lowest BCUT2D eigenvalue weighted by Crippen LogP contribution is -2.32. The second-order valence-corrected chi connectivity index (χ2v) is 8.81. The summed E-state index contributed by atoms with van der Waals surface area (Å²) in [6.45, 7) is 0. The number of amides is 2. The average molecular weight is 485 g/mol. The van der Waals surface area contributed by atoms with Crippen LogP contribution in [-0.4, -0.2) is 31.3 Å². The summed E-state index contributed by atoms with van der Waals surface area (Å²) in [7, 11) is 3.13. The van der Waals surface area contributed by atoms with Crippen molar-refractivity contribution in [1.82, 2.24) is 0 Å². The molecule has 1 aliphatic rings.